The topological polar surface area (TPSA) is 62.5 Å². The Morgan fingerprint density at radius 1 is 0.889 bits per heavy atom. The van der Waals surface area contributed by atoms with Gasteiger partial charge in [-0.15, -0.1) is 0 Å². The largest absolute Gasteiger partial charge is 0.333 e. The molecule has 2 fully saturated rings. The highest BCUT2D eigenvalue weighted by Crippen LogP contribution is 2.29. The minimum Gasteiger partial charge on any atom is -0.290 e. The normalized spacial score (nSPS) is 21.4. The third-order valence-electron chi connectivity index (χ3n) is 7.45. The van der Waals surface area contributed by atoms with E-state index in [2.05, 4.69) is 82.0 Å². The van der Waals surface area contributed by atoms with Crippen LogP contribution in [0.4, 0.5) is 4.79 Å². The van der Waals surface area contributed by atoms with Crippen molar-refractivity contribution in [3.63, 3.8) is 0 Å². The second-order valence-corrected chi connectivity index (χ2v) is 9.76. The van der Waals surface area contributed by atoms with Gasteiger partial charge in [-0.25, -0.2) is 9.37 Å². The Morgan fingerprint density at radius 2 is 1.47 bits per heavy atom. The van der Waals surface area contributed by atoms with Gasteiger partial charge in [0.15, 0.2) is 0 Å². The second-order valence-electron chi connectivity index (χ2n) is 9.76. The van der Waals surface area contributed by atoms with Gasteiger partial charge in [0.1, 0.15) is 6.54 Å². The lowest BCUT2D eigenvalue weighted by atomic mass is 9.96. The molecule has 0 aliphatic carbocycles. The van der Waals surface area contributed by atoms with Crippen LogP contribution in [0.3, 0.4) is 0 Å². The van der Waals surface area contributed by atoms with E-state index < -0.39 is 6.04 Å². The molecule has 8 heteroatoms. The number of carbonyl (C=O) groups excluding carboxylic acids is 2. The first kappa shape index (κ1) is 24.3. The number of likely N-dealkylation sites (N-methyl/N-ethyl adjacent to an activating group) is 2. The Bertz CT molecular complexity index is 1130. The summed E-state index contributed by atoms with van der Waals surface area (Å²) in [6.07, 6.45) is 0.904. The third kappa shape index (κ3) is 4.47. The first-order valence-corrected chi connectivity index (χ1v) is 12.8. The summed E-state index contributed by atoms with van der Waals surface area (Å²) >= 11 is 0. The predicted octanol–water partition coefficient (Wildman–Crippen LogP) is 2.52. The minimum absolute atomic E-state index is 0.196. The Hall–Kier alpha value is -3.36. The first-order valence-electron chi connectivity index (χ1n) is 12.8. The molecule has 2 saturated heterocycles. The number of fused-ring (bicyclic) bond motifs is 1. The lowest BCUT2D eigenvalue weighted by molar-refractivity contribution is -0.536. The number of urea groups is 1. The number of hydrogen-bond donors (Lipinski definition) is 0. The van der Waals surface area contributed by atoms with Crippen molar-refractivity contribution in [2.45, 2.75) is 25.4 Å². The minimum atomic E-state index is -0.505. The van der Waals surface area contributed by atoms with Crippen LogP contribution in [0.25, 0.3) is 0 Å². The van der Waals surface area contributed by atoms with Crippen LogP contribution < -0.4 is 0 Å². The van der Waals surface area contributed by atoms with Crippen molar-refractivity contribution in [3.8, 4) is 0 Å². The fraction of sp³-hybridized carbons (Fsp3) is 0.429. The standard InChI is InChI=1S/C28H35N6O2/c1-4-15-34-23(29-26-25(34)27(35)31(3)28(36)30(26)2)20-32-16-18-33(19-17-32)24(21-11-7-5-8-12-21)22-13-9-6-10-14-22/h5-14,24-25H,4,15-20H2,1-3H3/q+1. The summed E-state index contributed by atoms with van der Waals surface area (Å²) < 4.78 is 2.10. The molecule has 0 aromatic heterocycles. The molecule has 0 radical (unpaired) electrons. The maximum atomic E-state index is 13.0. The van der Waals surface area contributed by atoms with E-state index in [4.69, 9.17) is 4.99 Å². The molecule has 8 nitrogen and oxygen atoms in total. The molecular formula is C28H35N6O2+. The van der Waals surface area contributed by atoms with Crippen LogP contribution in [0, 0.1) is 0 Å². The molecule has 0 bridgehead atoms. The van der Waals surface area contributed by atoms with Gasteiger partial charge in [0, 0.05) is 40.3 Å². The van der Waals surface area contributed by atoms with Crippen LogP contribution in [-0.2, 0) is 4.79 Å². The molecule has 3 heterocycles. The van der Waals surface area contributed by atoms with Gasteiger partial charge in [-0.05, 0) is 22.5 Å². The highest BCUT2D eigenvalue weighted by atomic mass is 16.2. The predicted molar refractivity (Wildman–Crippen MR) is 140 cm³/mol. The number of hydrogen-bond acceptors (Lipinski definition) is 5. The highest BCUT2D eigenvalue weighted by Gasteiger charge is 2.52. The zero-order valence-electron chi connectivity index (χ0n) is 21.4. The molecule has 2 aromatic carbocycles. The van der Waals surface area contributed by atoms with E-state index in [1.54, 1.807) is 14.1 Å². The van der Waals surface area contributed by atoms with E-state index in [0.717, 1.165) is 45.0 Å². The zero-order chi connectivity index (χ0) is 25.2. The Kier molecular flexibility index (Phi) is 6.98. The van der Waals surface area contributed by atoms with Crippen LogP contribution in [0.5, 0.6) is 0 Å². The molecule has 1 atom stereocenters. The molecule has 2 aromatic rings. The number of rotatable bonds is 7. The summed E-state index contributed by atoms with van der Waals surface area (Å²) in [6, 6.07) is 20.8. The number of carbonyl (C=O) groups is 2. The molecule has 3 amide bonds. The molecule has 1 unspecified atom stereocenters. The quantitative estimate of drug-likeness (QED) is 0.563. The van der Waals surface area contributed by atoms with Crippen LogP contribution in [0.15, 0.2) is 65.7 Å². The van der Waals surface area contributed by atoms with Gasteiger partial charge < -0.3 is 0 Å². The smallest absolute Gasteiger partial charge is 0.290 e. The summed E-state index contributed by atoms with van der Waals surface area (Å²) in [7, 11) is 3.26. The van der Waals surface area contributed by atoms with Crippen LogP contribution in [-0.4, -0.2) is 107 Å². The van der Waals surface area contributed by atoms with Gasteiger partial charge in [-0.2, -0.15) is 0 Å². The molecule has 0 spiro atoms. The molecule has 0 N–H and O–H groups in total. The monoisotopic (exact) mass is 487 g/mol. The van der Waals surface area contributed by atoms with E-state index in [1.807, 2.05) is 0 Å². The Labute approximate surface area is 213 Å². The number of piperazine rings is 1. The van der Waals surface area contributed by atoms with Crippen LogP contribution >= 0.6 is 0 Å². The summed E-state index contributed by atoms with van der Waals surface area (Å²) in [4.78, 5) is 38.0. The van der Waals surface area contributed by atoms with Gasteiger partial charge in [-0.3, -0.25) is 24.4 Å². The SMILES string of the molecule is CCC[N+]1=C(CN2CCN(C(c3ccccc3)c3ccccc3)CC2)N=C2C1C(=O)N(C)C(=O)N2C. The molecule has 3 aliphatic rings. The number of imide groups is 1. The summed E-state index contributed by atoms with van der Waals surface area (Å²) in [5, 5.41) is 0. The van der Waals surface area contributed by atoms with E-state index in [-0.39, 0.29) is 18.0 Å². The second kappa shape index (κ2) is 10.3. The maximum absolute atomic E-state index is 13.0. The van der Waals surface area contributed by atoms with Crippen molar-refractivity contribution >= 4 is 23.6 Å². The van der Waals surface area contributed by atoms with Crippen molar-refractivity contribution in [2.75, 3.05) is 53.4 Å². The van der Waals surface area contributed by atoms with Gasteiger partial charge in [0.25, 0.3) is 17.8 Å². The number of amidine groups is 2. The molecule has 0 saturated carbocycles. The summed E-state index contributed by atoms with van der Waals surface area (Å²) in [5.74, 6) is 1.24. The van der Waals surface area contributed by atoms with Crippen LogP contribution in [0.2, 0.25) is 0 Å². The number of nitrogens with zero attached hydrogens (tertiary/aromatic N) is 6. The Balaban J connectivity index is 1.33. The van der Waals surface area contributed by atoms with E-state index in [1.165, 1.54) is 20.9 Å². The summed E-state index contributed by atoms with van der Waals surface area (Å²) in [6.45, 7) is 7.22. The van der Waals surface area contributed by atoms with Crippen molar-refractivity contribution in [2.24, 2.45) is 4.99 Å². The lowest BCUT2D eigenvalue weighted by Crippen LogP contribution is -2.61. The number of amides is 3. The average molecular weight is 488 g/mol. The van der Waals surface area contributed by atoms with E-state index in [0.29, 0.717) is 12.4 Å². The Morgan fingerprint density at radius 3 is 2.03 bits per heavy atom. The van der Waals surface area contributed by atoms with Crippen molar-refractivity contribution in [1.29, 1.82) is 0 Å². The highest BCUT2D eigenvalue weighted by molar-refractivity contribution is 6.23. The van der Waals surface area contributed by atoms with Gasteiger partial charge in [0.05, 0.1) is 12.6 Å². The molecular weight excluding hydrogens is 452 g/mol. The van der Waals surface area contributed by atoms with Gasteiger partial charge in [-0.1, -0.05) is 67.6 Å². The zero-order valence-corrected chi connectivity index (χ0v) is 21.4. The average Bonchev–Trinajstić information content (AvgIpc) is 3.27. The fourth-order valence-corrected chi connectivity index (χ4v) is 5.54. The molecule has 188 valence electrons. The van der Waals surface area contributed by atoms with Crippen LogP contribution in [0.1, 0.15) is 30.5 Å². The maximum Gasteiger partial charge on any atom is 0.333 e. The van der Waals surface area contributed by atoms with E-state index >= 15 is 0 Å². The molecule has 36 heavy (non-hydrogen) atoms. The van der Waals surface area contributed by atoms with Crippen molar-refractivity contribution in [3.05, 3.63) is 71.8 Å². The van der Waals surface area contributed by atoms with Gasteiger partial charge >= 0.3 is 11.9 Å². The fourth-order valence-electron chi connectivity index (χ4n) is 5.54. The van der Waals surface area contributed by atoms with Gasteiger partial charge in [0.2, 0.25) is 0 Å². The van der Waals surface area contributed by atoms with E-state index in [9.17, 15) is 9.59 Å². The van der Waals surface area contributed by atoms with Crippen molar-refractivity contribution in [1.82, 2.24) is 19.6 Å². The lowest BCUT2D eigenvalue weighted by Gasteiger charge is -2.39. The number of aliphatic imine (C=N–C) groups is 1. The first-order chi connectivity index (χ1) is 17.5. The molecule has 5 rings (SSSR count). The molecule has 3 aliphatic heterocycles. The number of benzene rings is 2. The van der Waals surface area contributed by atoms with Crippen molar-refractivity contribution < 1.29 is 14.2 Å². The third-order valence-corrected chi connectivity index (χ3v) is 7.45. The summed E-state index contributed by atoms with van der Waals surface area (Å²) in [5.41, 5.74) is 2.62.